The number of hydrogen-bond donors (Lipinski definition) is 3. The molecule has 0 saturated heterocycles. The molecule has 1 unspecified atom stereocenters. The largest absolute Gasteiger partial charge is 0.366 e. The van der Waals surface area contributed by atoms with Crippen molar-refractivity contribution in [2.75, 3.05) is 0 Å². The number of nitrogens with two attached hydrogens (primary N) is 2. The van der Waals surface area contributed by atoms with Crippen LogP contribution in [0.4, 0.5) is 0 Å². The highest BCUT2D eigenvalue weighted by Gasteiger charge is 2.32. The SMILES string of the molecule is NC(=O)C1(N)NC=CS1. The molecule has 0 spiro atoms. The van der Waals surface area contributed by atoms with Gasteiger partial charge in [0.25, 0.3) is 5.91 Å². The minimum Gasteiger partial charge on any atom is -0.366 e. The molecule has 1 aliphatic rings. The maximum Gasteiger partial charge on any atom is 0.269 e. The van der Waals surface area contributed by atoms with Crippen molar-refractivity contribution >= 4 is 17.7 Å². The zero-order chi connectivity index (χ0) is 6.91. The van der Waals surface area contributed by atoms with Gasteiger partial charge in [0.05, 0.1) is 0 Å². The lowest BCUT2D eigenvalue weighted by molar-refractivity contribution is -0.120. The summed E-state index contributed by atoms with van der Waals surface area (Å²) in [6, 6.07) is 0. The lowest BCUT2D eigenvalue weighted by atomic mass is 10.5. The minimum atomic E-state index is -1.11. The molecule has 4 nitrogen and oxygen atoms in total. The van der Waals surface area contributed by atoms with Crippen LogP contribution < -0.4 is 16.8 Å². The first-order chi connectivity index (χ1) is 4.15. The molecule has 1 atom stereocenters. The van der Waals surface area contributed by atoms with Crippen molar-refractivity contribution < 1.29 is 4.79 Å². The van der Waals surface area contributed by atoms with Gasteiger partial charge in [-0.3, -0.25) is 10.5 Å². The standard InChI is InChI=1S/C4H7N3OS/c5-3(8)4(6)7-1-2-9-4/h1-2,7H,6H2,(H2,5,8). The lowest BCUT2D eigenvalue weighted by Gasteiger charge is -2.18. The highest BCUT2D eigenvalue weighted by molar-refractivity contribution is 8.04. The molecule has 9 heavy (non-hydrogen) atoms. The zero-order valence-electron chi connectivity index (χ0n) is 4.63. The Morgan fingerprint density at radius 1 is 1.78 bits per heavy atom. The first kappa shape index (κ1) is 6.44. The van der Waals surface area contributed by atoms with Crippen LogP contribution in [0.1, 0.15) is 0 Å². The molecule has 1 aliphatic heterocycles. The number of nitrogens with one attached hydrogen (secondary N) is 1. The Morgan fingerprint density at radius 2 is 2.44 bits per heavy atom. The first-order valence-corrected chi connectivity index (χ1v) is 3.22. The summed E-state index contributed by atoms with van der Waals surface area (Å²) in [5.41, 5.74) is 10.4. The highest BCUT2D eigenvalue weighted by atomic mass is 32.2. The molecule has 1 heterocycles. The molecule has 5 heteroatoms. The van der Waals surface area contributed by atoms with Crippen molar-refractivity contribution in [1.29, 1.82) is 0 Å². The Hall–Kier alpha value is -0.680. The summed E-state index contributed by atoms with van der Waals surface area (Å²) in [4.78, 5) is 9.39. The van der Waals surface area contributed by atoms with Crippen LogP contribution in [0.2, 0.25) is 0 Å². The van der Waals surface area contributed by atoms with Crippen molar-refractivity contribution in [2.24, 2.45) is 11.5 Å². The first-order valence-electron chi connectivity index (χ1n) is 2.34. The van der Waals surface area contributed by atoms with Gasteiger partial charge < -0.3 is 11.1 Å². The second-order valence-corrected chi connectivity index (χ2v) is 2.82. The number of hydrogen-bond acceptors (Lipinski definition) is 4. The Labute approximate surface area is 56.7 Å². The van der Waals surface area contributed by atoms with Gasteiger partial charge in [0.15, 0.2) is 0 Å². The van der Waals surface area contributed by atoms with E-state index in [1.165, 1.54) is 0 Å². The molecule has 0 aliphatic carbocycles. The summed E-state index contributed by atoms with van der Waals surface area (Å²) >= 11 is 1.16. The molecule has 0 radical (unpaired) electrons. The van der Waals surface area contributed by atoms with Gasteiger partial charge in [0.1, 0.15) is 0 Å². The van der Waals surface area contributed by atoms with Gasteiger partial charge >= 0.3 is 0 Å². The Bertz CT molecular complexity index is 159. The quantitative estimate of drug-likeness (QED) is 0.437. The molecule has 1 amide bonds. The van der Waals surface area contributed by atoms with Crippen LogP contribution in [0.5, 0.6) is 0 Å². The number of thioether (sulfide) groups is 1. The third-order valence-electron chi connectivity index (χ3n) is 0.986. The van der Waals surface area contributed by atoms with Crippen LogP contribution in [0.3, 0.4) is 0 Å². The van der Waals surface area contributed by atoms with Crippen LogP contribution in [0.15, 0.2) is 11.6 Å². The molecule has 0 bridgehead atoms. The van der Waals surface area contributed by atoms with Crippen LogP contribution in [0, 0.1) is 0 Å². The average Bonchev–Trinajstić information content (AvgIpc) is 2.16. The second kappa shape index (κ2) is 1.93. The fraction of sp³-hybridized carbons (Fsp3) is 0.250. The van der Waals surface area contributed by atoms with Crippen LogP contribution in [0.25, 0.3) is 0 Å². The molecule has 1 rings (SSSR count). The van der Waals surface area contributed by atoms with E-state index in [9.17, 15) is 4.79 Å². The summed E-state index contributed by atoms with van der Waals surface area (Å²) in [5.74, 6) is -0.558. The number of carbonyl (C=O) groups excluding carboxylic acids is 1. The summed E-state index contributed by atoms with van der Waals surface area (Å²) in [5, 5.41) is 4.30. The second-order valence-electron chi connectivity index (χ2n) is 1.66. The van der Waals surface area contributed by atoms with E-state index >= 15 is 0 Å². The highest BCUT2D eigenvalue weighted by Crippen LogP contribution is 2.21. The van der Waals surface area contributed by atoms with E-state index in [2.05, 4.69) is 5.32 Å². The van der Waals surface area contributed by atoms with E-state index in [1.54, 1.807) is 11.6 Å². The van der Waals surface area contributed by atoms with Crippen molar-refractivity contribution in [3.05, 3.63) is 11.6 Å². The minimum absolute atomic E-state index is 0.558. The number of carbonyl (C=O) groups is 1. The normalized spacial score (nSPS) is 32.1. The van der Waals surface area contributed by atoms with Crippen LogP contribution in [-0.2, 0) is 4.79 Å². The number of amides is 1. The monoisotopic (exact) mass is 145 g/mol. The summed E-state index contributed by atoms with van der Waals surface area (Å²) in [6.07, 6.45) is 1.59. The predicted molar refractivity (Wildman–Crippen MR) is 36.0 cm³/mol. The smallest absolute Gasteiger partial charge is 0.269 e. The van der Waals surface area contributed by atoms with Gasteiger partial charge in [-0.25, -0.2) is 0 Å². The fourth-order valence-electron chi connectivity index (χ4n) is 0.462. The molecule has 0 fully saturated rings. The predicted octanol–water partition coefficient (Wildman–Crippen LogP) is -1.11. The van der Waals surface area contributed by atoms with Gasteiger partial charge in [-0.05, 0) is 5.41 Å². The van der Waals surface area contributed by atoms with E-state index in [0.717, 1.165) is 11.8 Å². The number of primary amides is 1. The average molecular weight is 145 g/mol. The van der Waals surface area contributed by atoms with E-state index in [1.807, 2.05) is 0 Å². The topological polar surface area (TPSA) is 81.1 Å². The van der Waals surface area contributed by atoms with Crippen molar-refractivity contribution in [2.45, 2.75) is 4.99 Å². The lowest BCUT2D eigenvalue weighted by Crippen LogP contribution is -2.56. The van der Waals surface area contributed by atoms with Gasteiger partial charge in [-0.15, -0.1) is 0 Å². The van der Waals surface area contributed by atoms with E-state index in [-0.39, 0.29) is 0 Å². The van der Waals surface area contributed by atoms with Gasteiger partial charge in [0, 0.05) is 6.20 Å². The van der Waals surface area contributed by atoms with Crippen LogP contribution >= 0.6 is 11.8 Å². The van der Waals surface area contributed by atoms with Crippen LogP contribution in [-0.4, -0.2) is 10.9 Å². The Morgan fingerprint density at radius 3 is 2.67 bits per heavy atom. The molecule has 0 aromatic carbocycles. The van der Waals surface area contributed by atoms with Crippen molar-refractivity contribution in [3.63, 3.8) is 0 Å². The molecule has 50 valence electrons. The van der Waals surface area contributed by atoms with E-state index in [4.69, 9.17) is 11.5 Å². The fourth-order valence-corrected chi connectivity index (χ4v) is 1.07. The van der Waals surface area contributed by atoms with Crippen molar-refractivity contribution in [1.82, 2.24) is 5.32 Å². The summed E-state index contributed by atoms with van der Waals surface area (Å²) < 4.78 is 0. The molecule has 0 saturated carbocycles. The van der Waals surface area contributed by atoms with E-state index < -0.39 is 10.9 Å². The van der Waals surface area contributed by atoms with Crippen molar-refractivity contribution in [3.8, 4) is 0 Å². The summed E-state index contributed by atoms with van der Waals surface area (Å²) in [7, 11) is 0. The maximum atomic E-state index is 10.5. The van der Waals surface area contributed by atoms with Gasteiger partial charge in [0.2, 0.25) is 4.99 Å². The molecular formula is C4H7N3OS. The zero-order valence-corrected chi connectivity index (χ0v) is 5.44. The molecule has 0 aromatic rings. The maximum absolute atomic E-state index is 10.5. The molecule has 0 aromatic heterocycles. The Kier molecular flexibility index (Phi) is 1.38. The Balaban J connectivity index is 2.66. The number of rotatable bonds is 1. The third-order valence-corrected chi connectivity index (χ3v) is 1.95. The summed E-state index contributed by atoms with van der Waals surface area (Å²) in [6.45, 7) is 0. The van der Waals surface area contributed by atoms with Gasteiger partial charge in [-0.2, -0.15) is 0 Å². The third kappa shape index (κ3) is 1.01. The van der Waals surface area contributed by atoms with E-state index in [0.29, 0.717) is 0 Å². The molecular weight excluding hydrogens is 138 g/mol. The van der Waals surface area contributed by atoms with Gasteiger partial charge in [-0.1, -0.05) is 11.8 Å². The molecule has 5 N–H and O–H groups in total.